The van der Waals surface area contributed by atoms with Crippen molar-refractivity contribution in [2.75, 3.05) is 6.54 Å². The molecule has 0 heterocycles. The Labute approximate surface area is 104 Å². The van der Waals surface area contributed by atoms with Crippen LogP contribution in [0.5, 0.6) is 0 Å². The maximum absolute atomic E-state index is 6.10. The second-order valence-electron chi connectivity index (χ2n) is 4.16. The molecule has 1 aromatic carbocycles. The van der Waals surface area contributed by atoms with E-state index < -0.39 is 0 Å². The summed E-state index contributed by atoms with van der Waals surface area (Å²) >= 11 is 9.55. The molecule has 1 aliphatic rings. The molecule has 1 nitrogen and oxygen atoms in total. The van der Waals surface area contributed by atoms with E-state index in [9.17, 15) is 0 Å². The van der Waals surface area contributed by atoms with Crippen LogP contribution in [0.2, 0.25) is 5.02 Å². The lowest BCUT2D eigenvalue weighted by molar-refractivity contribution is 0.301. The number of hydrogen-bond donors (Lipinski definition) is 1. The van der Waals surface area contributed by atoms with Crippen molar-refractivity contribution in [3.05, 3.63) is 33.3 Å². The smallest absolute Gasteiger partial charge is 0.0451 e. The van der Waals surface area contributed by atoms with Gasteiger partial charge in [0.15, 0.2) is 0 Å². The molecule has 0 radical (unpaired) electrons. The predicted molar refractivity (Wildman–Crippen MR) is 68.2 cm³/mol. The molecule has 1 saturated carbocycles. The highest BCUT2D eigenvalue weighted by atomic mass is 79.9. The molecule has 0 aromatic heterocycles. The van der Waals surface area contributed by atoms with E-state index in [1.165, 1.54) is 24.8 Å². The number of benzene rings is 1. The molecule has 0 bridgehead atoms. The summed E-state index contributed by atoms with van der Waals surface area (Å²) < 4.78 is 1.09. The lowest BCUT2D eigenvalue weighted by Crippen LogP contribution is -2.26. The molecule has 82 valence electrons. The Morgan fingerprint density at radius 1 is 1.40 bits per heavy atom. The van der Waals surface area contributed by atoms with Crippen LogP contribution in [0.4, 0.5) is 0 Å². The van der Waals surface area contributed by atoms with Gasteiger partial charge in [0.2, 0.25) is 0 Å². The maximum atomic E-state index is 6.10. The first-order valence-electron chi connectivity index (χ1n) is 5.40. The summed E-state index contributed by atoms with van der Waals surface area (Å²) in [6, 6.07) is 5.99. The maximum Gasteiger partial charge on any atom is 0.0451 e. The number of halogens is 2. The molecule has 2 rings (SSSR count). The summed E-state index contributed by atoms with van der Waals surface area (Å²) in [5, 5.41) is 4.31. The average Bonchev–Trinajstić information content (AvgIpc) is 2.15. The minimum absolute atomic E-state index is 0.847. The van der Waals surface area contributed by atoms with Crippen LogP contribution in [0.3, 0.4) is 0 Å². The van der Waals surface area contributed by atoms with Crippen molar-refractivity contribution in [3.8, 4) is 0 Å². The van der Waals surface area contributed by atoms with E-state index in [2.05, 4.69) is 27.3 Å². The van der Waals surface area contributed by atoms with Crippen molar-refractivity contribution in [2.24, 2.45) is 5.92 Å². The average molecular weight is 289 g/mol. The summed E-state index contributed by atoms with van der Waals surface area (Å²) in [6.07, 6.45) is 4.18. The first-order chi connectivity index (χ1) is 7.25. The van der Waals surface area contributed by atoms with Gasteiger partial charge in [-0.25, -0.2) is 0 Å². The van der Waals surface area contributed by atoms with E-state index in [0.717, 1.165) is 28.5 Å². The molecule has 0 saturated heterocycles. The molecule has 0 aliphatic heterocycles. The highest BCUT2D eigenvalue weighted by Crippen LogP contribution is 2.25. The van der Waals surface area contributed by atoms with Gasteiger partial charge < -0.3 is 5.32 Å². The number of nitrogens with one attached hydrogen (secondary N) is 1. The Morgan fingerprint density at radius 2 is 2.20 bits per heavy atom. The fourth-order valence-electron chi connectivity index (χ4n) is 1.79. The molecule has 3 heteroatoms. The van der Waals surface area contributed by atoms with E-state index in [-0.39, 0.29) is 0 Å². The standard InChI is InChI=1S/C12H15BrClN/c13-11-4-5-12(14)10(6-11)8-15-7-9-2-1-3-9/h4-6,9,15H,1-3,7-8H2. The molecular weight excluding hydrogens is 273 g/mol. The van der Waals surface area contributed by atoms with Crippen molar-refractivity contribution < 1.29 is 0 Å². The molecule has 1 fully saturated rings. The van der Waals surface area contributed by atoms with Gasteiger partial charge in [0.1, 0.15) is 0 Å². The zero-order valence-corrected chi connectivity index (χ0v) is 10.9. The first kappa shape index (κ1) is 11.4. The second kappa shape index (κ2) is 5.33. The van der Waals surface area contributed by atoms with Crippen LogP contribution in [0.1, 0.15) is 24.8 Å². The van der Waals surface area contributed by atoms with Crippen LogP contribution in [-0.4, -0.2) is 6.54 Å². The summed E-state index contributed by atoms with van der Waals surface area (Å²) in [6.45, 7) is 2.00. The van der Waals surface area contributed by atoms with Gasteiger partial charge in [-0.3, -0.25) is 0 Å². The Bertz CT molecular complexity index is 336. The van der Waals surface area contributed by atoms with Crippen LogP contribution in [-0.2, 0) is 6.54 Å². The highest BCUT2D eigenvalue weighted by molar-refractivity contribution is 9.10. The van der Waals surface area contributed by atoms with Crippen LogP contribution < -0.4 is 5.32 Å². The van der Waals surface area contributed by atoms with E-state index in [1.54, 1.807) is 0 Å². The van der Waals surface area contributed by atoms with Crippen molar-refractivity contribution in [3.63, 3.8) is 0 Å². The van der Waals surface area contributed by atoms with Gasteiger partial charge in [-0.05, 0) is 49.1 Å². The minimum atomic E-state index is 0.847. The molecule has 0 spiro atoms. The molecule has 1 aromatic rings. The fourth-order valence-corrected chi connectivity index (χ4v) is 2.38. The van der Waals surface area contributed by atoms with Gasteiger partial charge in [0.25, 0.3) is 0 Å². The zero-order chi connectivity index (χ0) is 10.7. The van der Waals surface area contributed by atoms with Gasteiger partial charge in [-0.15, -0.1) is 0 Å². The number of hydrogen-bond acceptors (Lipinski definition) is 1. The summed E-state index contributed by atoms with van der Waals surface area (Å²) in [7, 11) is 0. The van der Waals surface area contributed by atoms with E-state index in [0.29, 0.717) is 0 Å². The Balaban J connectivity index is 1.83. The minimum Gasteiger partial charge on any atom is -0.312 e. The van der Waals surface area contributed by atoms with Gasteiger partial charge in [0, 0.05) is 16.0 Å². The summed E-state index contributed by atoms with van der Waals surface area (Å²) in [5.41, 5.74) is 1.17. The third kappa shape index (κ3) is 3.20. The van der Waals surface area contributed by atoms with Gasteiger partial charge in [-0.1, -0.05) is 34.0 Å². The predicted octanol–water partition coefficient (Wildman–Crippen LogP) is 3.99. The molecule has 0 unspecified atom stereocenters. The van der Waals surface area contributed by atoms with E-state index >= 15 is 0 Å². The van der Waals surface area contributed by atoms with E-state index in [1.807, 2.05) is 12.1 Å². The topological polar surface area (TPSA) is 12.0 Å². The lowest BCUT2D eigenvalue weighted by atomic mass is 9.85. The van der Waals surface area contributed by atoms with Crippen molar-refractivity contribution in [1.29, 1.82) is 0 Å². The molecule has 1 aliphatic carbocycles. The number of rotatable bonds is 4. The summed E-state index contributed by atoms with van der Waals surface area (Å²) in [5.74, 6) is 0.899. The third-order valence-corrected chi connectivity index (χ3v) is 3.84. The van der Waals surface area contributed by atoms with Crippen molar-refractivity contribution in [1.82, 2.24) is 5.32 Å². The van der Waals surface area contributed by atoms with Crippen molar-refractivity contribution in [2.45, 2.75) is 25.8 Å². The van der Waals surface area contributed by atoms with Crippen LogP contribution in [0.15, 0.2) is 22.7 Å². The van der Waals surface area contributed by atoms with Gasteiger partial charge in [-0.2, -0.15) is 0 Å². The Morgan fingerprint density at radius 3 is 2.87 bits per heavy atom. The van der Waals surface area contributed by atoms with E-state index in [4.69, 9.17) is 11.6 Å². The largest absolute Gasteiger partial charge is 0.312 e. The molecular formula is C12H15BrClN. The molecule has 0 atom stereocenters. The highest BCUT2D eigenvalue weighted by Gasteiger charge is 2.16. The summed E-state index contributed by atoms with van der Waals surface area (Å²) in [4.78, 5) is 0. The SMILES string of the molecule is Clc1ccc(Br)cc1CNCC1CCC1. The Kier molecular flexibility index (Phi) is 4.06. The fraction of sp³-hybridized carbons (Fsp3) is 0.500. The molecule has 0 amide bonds. The quantitative estimate of drug-likeness (QED) is 0.883. The van der Waals surface area contributed by atoms with Crippen LogP contribution in [0, 0.1) is 5.92 Å². The third-order valence-electron chi connectivity index (χ3n) is 2.98. The lowest BCUT2D eigenvalue weighted by Gasteiger charge is -2.25. The van der Waals surface area contributed by atoms with Gasteiger partial charge in [0.05, 0.1) is 0 Å². The van der Waals surface area contributed by atoms with Gasteiger partial charge >= 0.3 is 0 Å². The molecule has 1 N–H and O–H groups in total. The monoisotopic (exact) mass is 287 g/mol. The van der Waals surface area contributed by atoms with Crippen LogP contribution >= 0.6 is 27.5 Å². The zero-order valence-electron chi connectivity index (χ0n) is 8.60. The second-order valence-corrected chi connectivity index (χ2v) is 5.49. The van der Waals surface area contributed by atoms with Crippen LogP contribution in [0.25, 0.3) is 0 Å². The van der Waals surface area contributed by atoms with Crippen molar-refractivity contribution >= 4 is 27.5 Å². The normalized spacial score (nSPS) is 16.4. The first-order valence-corrected chi connectivity index (χ1v) is 6.57. The molecule has 15 heavy (non-hydrogen) atoms. The Hall–Kier alpha value is -0.0500.